The van der Waals surface area contributed by atoms with Gasteiger partial charge in [-0.2, -0.15) is 0 Å². The lowest BCUT2D eigenvalue weighted by Gasteiger charge is -2.34. The summed E-state index contributed by atoms with van der Waals surface area (Å²) < 4.78 is 17.5. The molecule has 2 heterocycles. The molecule has 3 rings (SSSR count). The number of nitrogens with two attached hydrogens (primary N) is 1. The van der Waals surface area contributed by atoms with Crippen molar-refractivity contribution in [3.8, 4) is 11.5 Å². The smallest absolute Gasteiger partial charge is 0.231 e. The lowest BCUT2D eigenvalue weighted by atomic mass is 10.0. The van der Waals surface area contributed by atoms with Crippen LogP contribution in [0.5, 0.6) is 11.5 Å². The van der Waals surface area contributed by atoms with Gasteiger partial charge in [-0.15, -0.1) is 0 Å². The van der Waals surface area contributed by atoms with Crippen molar-refractivity contribution in [1.29, 1.82) is 0 Å². The number of hydrogen-bond donors (Lipinski definition) is 1. The van der Waals surface area contributed by atoms with Gasteiger partial charge in [0.2, 0.25) is 6.79 Å². The van der Waals surface area contributed by atoms with Crippen LogP contribution in [-0.4, -0.2) is 44.0 Å². The molecule has 3 atom stereocenters. The Bertz CT molecular complexity index is 526. The highest BCUT2D eigenvalue weighted by Crippen LogP contribution is 2.42. The van der Waals surface area contributed by atoms with E-state index < -0.39 is 0 Å². The van der Waals surface area contributed by atoms with E-state index in [4.69, 9.17) is 19.9 Å². The molecule has 0 saturated carbocycles. The first-order valence-electron chi connectivity index (χ1n) is 7.24. The van der Waals surface area contributed by atoms with Crippen LogP contribution >= 0.6 is 15.9 Å². The molecule has 0 spiro atoms. The molecule has 3 unspecified atom stereocenters. The standard InChI is InChI=1S/C15H21BrN2O3/c1-9-12(3-4-19-9)18(2)13(7-17)10-5-11(16)15-14(6-10)20-8-21-15/h5-6,9,12-13H,3-4,7-8,17H2,1-2H3. The molecule has 2 N–H and O–H groups in total. The van der Waals surface area contributed by atoms with E-state index in [9.17, 15) is 0 Å². The maximum absolute atomic E-state index is 6.04. The molecule has 0 aliphatic carbocycles. The summed E-state index contributed by atoms with van der Waals surface area (Å²) in [6.45, 7) is 3.76. The summed E-state index contributed by atoms with van der Waals surface area (Å²) in [7, 11) is 2.12. The van der Waals surface area contributed by atoms with Gasteiger partial charge in [-0.05, 0) is 54.0 Å². The highest BCUT2D eigenvalue weighted by molar-refractivity contribution is 9.10. The summed E-state index contributed by atoms with van der Waals surface area (Å²) in [5, 5.41) is 0. The Balaban J connectivity index is 1.88. The number of ether oxygens (including phenoxy) is 3. The van der Waals surface area contributed by atoms with Crippen LogP contribution in [0.25, 0.3) is 0 Å². The number of rotatable bonds is 4. The third-order valence-corrected chi connectivity index (χ3v) is 5.00. The van der Waals surface area contributed by atoms with Crippen LogP contribution in [0.4, 0.5) is 0 Å². The molecule has 0 aromatic heterocycles. The van der Waals surface area contributed by atoms with Crippen molar-refractivity contribution >= 4 is 15.9 Å². The summed E-state index contributed by atoms with van der Waals surface area (Å²) in [5.74, 6) is 1.55. The quantitative estimate of drug-likeness (QED) is 0.896. The van der Waals surface area contributed by atoms with E-state index in [1.807, 2.05) is 6.07 Å². The van der Waals surface area contributed by atoms with Crippen molar-refractivity contribution in [1.82, 2.24) is 4.90 Å². The third kappa shape index (κ3) is 2.77. The van der Waals surface area contributed by atoms with Crippen molar-refractivity contribution in [2.45, 2.75) is 31.5 Å². The molecule has 2 aliphatic rings. The summed E-state index contributed by atoms with van der Waals surface area (Å²) in [6, 6.07) is 4.62. The first kappa shape index (κ1) is 15.1. The second kappa shape index (κ2) is 6.12. The number of hydrogen-bond acceptors (Lipinski definition) is 5. The maximum Gasteiger partial charge on any atom is 0.231 e. The van der Waals surface area contributed by atoms with E-state index in [2.05, 4.69) is 40.9 Å². The number of halogens is 1. The van der Waals surface area contributed by atoms with E-state index in [0.717, 1.165) is 34.6 Å². The van der Waals surface area contributed by atoms with Crippen molar-refractivity contribution in [2.24, 2.45) is 5.73 Å². The highest BCUT2D eigenvalue weighted by atomic mass is 79.9. The van der Waals surface area contributed by atoms with E-state index in [1.54, 1.807) is 0 Å². The average molecular weight is 357 g/mol. The fourth-order valence-corrected chi connectivity index (χ4v) is 3.78. The third-order valence-electron chi connectivity index (χ3n) is 4.41. The zero-order valence-electron chi connectivity index (χ0n) is 12.3. The molecule has 1 aromatic carbocycles. The lowest BCUT2D eigenvalue weighted by molar-refractivity contribution is 0.0685. The molecular weight excluding hydrogens is 336 g/mol. The van der Waals surface area contributed by atoms with Crippen LogP contribution in [0.2, 0.25) is 0 Å². The van der Waals surface area contributed by atoms with Crippen molar-refractivity contribution in [3.05, 3.63) is 22.2 Å². The first-order chi connectivity index (χ1) is 10.1. The highest BCUT2D eigenvalue weighted by Gasteiger charge is 2.32. The molecule has 5 nitrogen and oxygen atoms in total. The van der Waals surface area contributed by atoms with E-state index in [1.165, 1.54) is 0 Å². The van der Waals surface area contributed by atoms with Gasteiger partial charge in [0.15, 0.2) is 11.5 Å². The summed E-state index contributed by atoms with van der Waals surface area (Å²) in [6.07, 6.45) is 1.28. The fraction of sp³-hybridized carbons (Fsp3) is 0.600. The fourth-order valence-electron chi connectivity index (χ4n) is 3.20. The Morgan fingerprint density at radius 1 is 1.43 bits per heavy atom. The van der Waals surface area contributed by atoms with E-state index >= 15 is 0 Å². The van der Waals surface area contributed by atoms with Crippen LogP contribution < -0.4 is 15.2 Å². The van der Waals surface area contributed by atoms with Gasteiger partial charge in [0, 0.05) is 25.2 Å². The number of fused-ring (bicyclic) bond motifs is 1. The van der Waals surface area contributed by atoms with Crippen LogP contribution in [-0.2, 0) is 4.74 Å². The molecule has 6 heteroatoms. The predicted octanol–water partition coefficient (Wildman–Crippen LogP) is 2.29. The molecular formula is C15H21BrN2O3. The van der Waals surface area contributed by atoms with Gasteiger partial charge in [0.1, 0.15) is 0 Å². The van der Waals surface area contributed by atoms with E-state index in [0.29, 0.717) is 12.6 Å². The maximum atomic E-state index is 6.04. The van der Waals surface area contributed by atoms with E-state index in [-0.39, 0.29) is 18.9 Å². The molecule has 0 amide bonds. The predicted molar refractivity (Wildman–Crippen MR) is 83.6 cm³/mol. The molecule has 116 valence electrons. The normalized spacial score (nSPS) is 25.6. The number of likely N-dealkylation sites (N-methyl/N-ethyl adjacent to an activating group) is 1. The van der Waals surface area contributed by atoms with Gasteiger partial charge >= 0.3 is 0 Å². The van der Waals surface area contributed by atoms with Crippen LogP contribution in [0.15, 0.2) is 16.6 Å². The van der Waals surface area contributed by atoms with Gasteiger partial charge in [0.25, 0.3) is 0 Å². The van der Waals surface area contributed by atoms with Gasteiger partial charge in [-0.1, -0.05) is 0 Å². The largest absolute Gasteiger partial charge is 0.454 e. The molecule has 0 radical (unpaired) electrons. The minimum Gasteiger partial charge on any atom is -0.454 e. The molecule has 1 saturated heterocycles. The summed E-state index contributed by atoms with van der Waals surface area (Å²) in [4.78, 5) is 2.32. The average Bonchev–Trinajstić information content (AvgIpc) is 3.08. The molecule has 1 fully saturated rings. The monoisotopic (exact) mass is 356 g/mol. The van der Waals surface area contributed by atoms with Crippen molar-refractivity contribution < 1.29 is 14.2 Å². The van der Waals surface area contributed by atoms with Gasteiger partial charge in [-0.25, -0.2) is 0 Å². The zero-order valence-corrected chi connectivity index (χ0v) is 13.9. The van der Waals surface area contributed by atoms with Crippen molar-refractivity contribution in [3.63, 3.8) is 0 Å². The minimum atomic E-state index is 0.130. The number of nitrogens with zero attached hydrogens (tertiary/aromatic N) is 1. The Morgan fingerprint density at radius 2 is 2.24 bits per heavy atom. The lowest BCUT2D eigenvalue weighted by Crippen LogP contribution is -2.42. The van der Waals surface area contributed by atoms with Crippen LogP contribution in [0.1, 0.15) is 24.9 Å². The van der Waals surface area contributed by atoms with Gasteiger partial charge in [-0.3, -0.25) is 4.90 Å². The Kier molecular flexibility index (Phi) is 4.40. The minimum absolute atomic E-state index is 0.130. The molecule has 0 bridgehead atoms. The Labute approximate surface area is 133 Å². The first-order valence-corrected chi connectivity index (χ1v) is 8.03. The van der Waals surface area contributed by atoms with Gasteiger partial charge < -0.3 is 19.9 Å². The zero-order chi connectivity index (χ0) is 15.0. The SMILES string of the molecule is CC1OCCC1N(C)C(CN)c1cc(Br)c2c(c1)OCO2. The number of benzene rings is 1. The topological polar surface area (TPSA) is 57.0 Å². The van der Waals surface area contributed by atoms with Crippen LogP contribution in [0, 0.1) is 0 Å². The summed E-state index contributed by atoms with van der Waals surface area (Å²) >= 11 is 3.55. The van der Waals surface area contributed by atoms with Crippen molar-refractivity contribution in [2.75, 3.05) is 27.0 Å². The second-order valence-corrected chi connectivity index (χ2v) is 6.44. The summed E-state index contributed by atoms with van der Waals surface area (Å²) in [5.41, 5.74) is 7.18. The molecule has 1 aromatic rings. The molecule has 2 aliphatic heterocycles. The van der Waals surface area contributed by atoms with Crippen LogP contribution in [0.3, 0.4) is 0 Å². The van der Waals surface area contributed by atoms with Gasteiger partial charge in [0.05, 0.1) is 10.6 Å². The molecule has 21 heavy (non-hydrogen) atoms. The Hall–Kier alpha value is -0.820. The second-order valence-electron chi connectivity index (χ2n) is 5.59. The Morgan fingerprint density at radius 3 is 2.90 bits per heavy atom.